The van der Waals surface area contributed by atoms with Gasteiger partial charge in [0.05, 0.1) is 6.20 Å². The van der Waals surface area contributed by atoms with Crippen LogP contribution >= 0.6 is 0 Å². The van der Waals surface area contributed by atoms with Crippen LogP contribution < -0.4 is 16.0 Å². The van der Waals surface area contributed by atoms with E-state index in [-0.39, 0.29) is 5.91 Å². The van der Waals surface area contributed by atoms with Gasteiger partial charge in [0.1, 0.15) is 0 Å². The molecule has 0 aliphatic carbocycles. The van der Waals surface area contributed by atoms with E-state index >= 15 is 0 Å². The Hall–Kier alpha value is -1.92. The number of piperidine rings is 1. The van der Waals surface area contributed by atoms with Gasteiger partial charge in [-0.25, -0.2) is 9.37 Å². The highest BCUT2D eigenvalue weighted by atomic mass is 19.1. The Labute approximate surface area is 117 Å². The molecule has 0 aromatic carbocycles. The number of aromatic nitrogens is 2. The molecule has 0 saturated carbocycles. The summed E-state index contributed by atoms with van der Waals surface area (Å²) in [4.78, 5) is 20.9. The van der Waals surface area contributed by atoms with Crippen LogP contribution in [0.3, 0.4) is 0 Å². The lowest BCUT2D eigenvalue weighted by atomic mass is 9.93. The molecule has 20 heavy (non-hydrogen) atoms. The van der Waals surface area contributed by atoms with Gasteiger partial charge in [0.15, 0.2) is 11.6 Å². The number of primary amides is 1. The Morgan fingerprint density at radius 1 is 1.55 bits per heavy atom. The predicted molar refractivity (Wildman–Crippen MR) is 74.9 cm³/mol. The molecule has 2 rings (SSSR count). The summed E-state index contributed by atoms with van der Waals surface area (Å²) in [7, 11) is 0. The minimum Gasteiger partial charge on any atom is -0.370 e. The topological polar surface area (TPSA) is 84.1 Å². The molecular weight excluding hydrogens is 261 g/mol. The molecule has 0 atom stereocenters. The minimum atomic E-state index is -0.417. The Balaban J connectivity index is 2.02. The Bertz CT molecular complexity index is 474. The number of hydrogen-bond donors (Lipinski definition) is 2. The first-order valence-electron chi connectivity index (χ1n) is 6.89. The molecule has 1 amide bonds. The van der Waals surface area contributed by atoms with Crippen molar-refractivity contribution < 1.29 is 9.18 Å². The summed E-state index contributed by atoms with van der Waals surface area (Å²) in [5.41, 5.74) is 5.20. The third-order valence-electron chi connectivity index (χ3n) is 3.46. The van der Waals surface area contributed by atoms with Crippen LogP contribution in [0.4, 0.5) is 16.2 Å². The number of nitrogens with zero attached hydrogens (tertiary/aromatic N) is 3. The van der Waals surface area contributed by atoms with Crippen LogP contribution in [0.5, 0.6) is 0 Å². The van der Waals surface area contributed by atoms with Crippen LogP contribution in [0.25, 0.3) is 0 Å². The predicted octanol–water partition coefficient (Wildman–Crippen LogP) is 1.14. The molecule has 1 aliphatic heterocycles. The average Bonchev–Trinajstić information content (AvgIpc) is 2.42. The van der Waals surface area contributed by atoms with Gasteiger partial charge >= 0.3 is 0 Å². The van der Waals surface area contributed by atoms with Crippen molar-refractivity contribution in [3.8, 4) is 0 Å². The van der Waals surface area contributed by atoms with Crippen LogP contribution in [0, 0.1) is 11.7 Å². The number of halogens is 1. The zero-order chi connectivity index (χ0) is 14.5. The van der Waals surface area contributed by atoms with Gasteiger partial charge in [0.25, 0.3) is 0 Å². The second-order valence-electron chi connectivity index (χ2n) is 5.00. The molecule has 110 valence electrons. The second kappa shape index (κ2) is 6.49. The lowest BCUT2D eigenvalue weighted by Crippen LogP contribution is -2.36. The van der Waals surface area contributed by atoms with Crippen LogP contribution in [0.1, 0.15) is 26.2 Å². The molecule has 1 aliphatic rings. The number of nitrogens with two attached hydrogens (primary N) is 1. The van der Waals surface area contributed by atoms with E-state index in [1.165, 1.54) is 6.20 Å². The van der Waals surface area contributed by atoms with E-state index in [9.17, 15) is 9.18 Å². The summed E-state index contributed by atoms with van der Waals surface area (Å²) in [6.07, 6.45) is 3.24. The normalized spacial score (nSPS) is 16.2. The number of carbonyl (C=O) groups is 1. The fourth-order valence-electron chi connectivity index (χ4n) is 2.46. The molecule has 3 N–H and O–H groups in total. The number of nitrogens with one attached hydrogen (secondary N) is 1. The van der Waals surface area contributed by atoms with E-state index in [1.54, 1.807) is 0 Å². The number of anilines is 2. The number of hydrogen-bond acceptors (Lipinski definition) is 5. The van der Waals surface area contributed by atoms with Crippen molar-refractivity contribution in [3.05, 3.63) is 12.0 Å². The quantitative estimate of drug-likeness (QED) is 0.845. The fraction of sp³-hybridized carbons (Fsp3) is 0.615. The number of carbonyl (C=O) groups excluding carboxylic acids is 1. The summed E-state index contributed by atoms with van der Waals surface area (Å²) in [6, 6.07) is 0. The molecule has 1 saturated heterocycles. The highest BCUT2D eigenvalue weighted by Gasteiger charge is 2.23. The van der Waals surface area contributed by atoms with Gasteiger partial charge in [0, 0.05) is 26.1 Å². The van der Waals surface area contributed by atoms with Gasteiger partial charge in [-0.05, 0) is 25.7 Å². The van der Waals surface area contributed by atoms with Crippen LogP contribution in [0.15, 0.2) is 6.20 Å². The van der Waals surface area contributed by atoms with E-state index in [1.807, 2.05) is 11.8 Å². The van der Waals surface area contributed by atoms with Gasteiger partial charge in [-0.15, -0.1) is 0 Å². The Morgan fingerprint density at radius 2 is 2.25 bits per heavy atom. The van der Waals surface area contributed by atoms with Crippen molar-refractivity contribution in [1.29, 1.82) is 0 Å². The Morgan fingerprint density at radius 3 is 2.85 bits per heavy atom. The van der Waals surface area contributed by atoms with Gasteiger partial charge in [-0.2, -0.15) is 4.98 Å². The van der Waals surface area contributed by atoms with Crippen molar-refractivity contribution in [1.82, 2.24) is 9.97 Å². The maximum atomic E-state index is 13.8. The first kappa shape index (κ1) is 14.5. The van der Waals surface area contributed by atoms with E-state index in [4.69, 9.17) is 5.73 Å². The highest BCUT2D eigenvalue weighted by molar-refractivity contribution is 5.74. The molecule has 6 nitrogen and oxygen atoms in total. The molecule has 0 bridgehead atoms. The smallest absolute Gasteiger partial charge is 0.224 e. The van der Waals surface area contributed by atoms with Crippen molar-refractivity contribution in [2.45, 2.75) is 26.2 Å². The number of rotatable bonds is 5. The van der Waals surface area contributed by atoms with E-state index in [0.29, 0.717) is 43.7 Å². The summed E-state index contributed by atoms with van der Waals surface area (Å²) in [6.45, 7) is 3.97. The fourth-order valence-corrected chi connectivity index (χ4v) is 2.46. The molecule has 1 aromatic rings. The van der Waals surface area contributed by atoms with Gasteiger partial charge in [0.2, 0.25) is 11.9 Å². The molecule has 1 aromatic heterocycles. The molecule has 0 radical (unpaired) electrons. The van der Waals surface area contributed by atoms with Crippen molar-refractivity contribution in [2.24, 2.45) is 11.7 Å². The van der Waals surface area contributed by atoms with E-state index in [2.05, 4.69) is 15.3 Å². The maximum absolute atomic E-state index is 13.8. The largest absolute Gasteiger partial charge is 0.370 e. The summed E-state index contributed by atoms with van der Waals surface area (Å²) >= 11 is 0. The van der Waals surface area contributed by atoms with Crippen molar-refractivity contribution in [2.75, 3.05) is 29.9 Å². The van der Waals surface area contributed by atoms with Crippen LogP contribution in [-0.4, -0.2) is 35.5 Å². The zero-order valence-corrected chi connectivity index (χ0v) is 11.6. The molecule has 7 heteroatoms. The summed E-state index contributed by atoms with van der Waals surface area (Å²) in [5.74, 6) is 0.365. The standard InChI is InChI=1S/C13H20FN5O/c1-2-16-13-17-8-10(14)12(18-13)19-5-3-9(4-6-19)7-11(15)20/h8-9H,2-7H2,1H3,(H2,15,20)(H,16,17,18). The average molecular weight is 281 g/mol. The monoisotopic (exact) mass is 281 g/mol. The van der Waals surface area contributed by atoms with Gasteiger partial charge in [-0.3, -0.25) is 4.79 Å². The minimum absolute atomic E-state index is 0.272. The molecule has 2 heterocycles. The van der Waals surface area contributed by atoms with E-state index < -0.39 is 5.82 Å². The first-order valence-corrected chi connectivity index (χ1v) is 6.89. The Kier molecular flexibility index (Phi) is 4.70. The highest BCUT2D eigenvalue weighted by Crippen LogP contribution is 2.25. The molecule has 0 spiro atoms. The van der Waals surface area contributed by atoms with Crippen LogP contribution in [-0.2, 0) is 4.79 Å². The van der Waals surface area contributed by atoms with Gasteiger partial charge < -0.3 is 16.0 Å². The summed E-state index contributed by atoms with van der Waals surface area (Å²) < 4.78 is 13.8. The second-order valence-corrected chi connectivity index (χ2v) is 5.00. The molecule has 0 unspecified atom stereocenters. The summed E-state index contributed by atoms with van der Waals surface area (Å²) in [5, 5.41) is 2.97. The molecular formula is C13H20FN5O. The van der Waals surface area contributed by atoms with E-state index in [0.717, 1.165) is 12.8 Å². The van der Waals surface area contributed by atoms with Crippen LogP contribution in [0.2, 0.25) is 0 Å². The maximum Gasteiger partial charge on any atom is 0.224 e. The SMILES string of the molecule is CCNc1ncc(F)c(N2CCC(CC(N)=O)CC2)n1. The number of amides is 1. The molecule has 1 fully saturated rings. The van der Waals surface area contributed by atoms with Gasteiger partial charge in [-0.1, -0.05) is 0 Å². The third-order valence-corrected chi connectivity index (χ3v) is 3.46. The third kappa shape index (κ3) is 3.55. The lowest BCUT2D eigenvalue weighted by molar-refractivity contribution is -0.119. The van der Waals surface area contributed by atoms with Crippen molar-refractivity contribution in [3.63, 3.8) is 0 Å². The zero-order valence-electron chi connectivity index (χ0n) is 11.6. The first-order chi connectivity index (χ1) is 9.60. The van der Waals surface area contributed by atoms with Crippen molar-refractivity contribution >= 4 is 17.7 Å². The lowest BCUT2D eigenvalue weighted by Gasteiger charge is -2.32.